The van der Waals surface area contributed by atoms with E-state index in [1.807, 2.05) is 60.7 Å². The number of hydrogen-bond acceptors (Lipinski definition) is 6. The van der Waals surface area contributed by atoms with Crippen LogP contribution in [0.2, 0.25) is 0 Å². The number of carboxylic acids is 1. The molecule has 2 N–H and O–H groups in total. The number of aryl methyl sites for hydroxylation is 1. The molecule has 0 unspecified atom stereocenters. The van der Waals surface area contributed by atoms with E-state index in [1.165, 1.54) is 30.6 Å². The molecule has 0 bridgehead atoms. The molecule has 49 heavy (non-hydrogen) atoms. The van der Waals surface area contributed by atoms with Crippen LogP contribution in [0.15, 0.2) is 85.2 Å². The number of likely N-dealkylation sites (tertiary alicyclic amines) is 1. The van der Waals surface area contributed by atoms with Gasteiger partial charge in [-0.3, -0.25) is 14.4 Å². The van der Waals surface area contributed by atoms with Gasteiger partial charge in [0.15, 0.2) is 5.82 Å². The summed E-state index contributed by atoms with van der Waals surface area (Å²) in [4.78, 5) is 48.7. The maximum atomic E-state index is 13.4. The molecule has 9 nitrogen and oxygen atoms in total. The van der Waals surface area contributed by atoms with Crippen molar-refractivity contribution in [3.8, 4) is 28.3 Å². The average Bonchev–Trinajstić information content (AvgIpc) is 3.10. The summed E-state index contributed by atoms with van der Waals surface area (Å²) >= 11 is 0. The van der Waals surface area contributed by atoms with Crippen molar-refractivity contribution in [1.82, 2.24) is 20.2 Å². The summed E-state index contributed by atoms with van der Waals surface area (Å²) in [6, 6.07) is 22.1. The normalized spacial score (nSPS) is 13.4. The molecule has 9 heteroatoms. The smallest absolute Gasteiger partial charge is 0.310 e. The Kier molecular flexibility index (Phi) is 12.5. The van der Waals surface area contributed by atoms with Crippen LogP contribution in [-0.2, 0) is 22.4 Å². The van der Waals surface area contributed by atoms with Crippen LogP contribution in [0.1, 0.15) is 73.9 Å². The number of nitrogens with zero attached hydrogens (tertiary/aromatic N) is 3. The Morgan fingerprint density at radius 1 is 0.796 bits per heavy atom. The zero-order valence-corrected chi connectivity index (χ0v) is 28.4. The predicted molar refractivity (Wildman–Crippen MR) is 190 cm³/mol. The number of carbonyl (C=O) groups excluding carboxylic acids is 2. The minimum atomic E-state index is -0.922. The number of aromatic nitrogens is 2. The Bertz CT molecular complexity index is 1670. The van der Waals surface area contributed by atoms with Gasteiger partial charge in [-0.25, -0.2) is 9.97 Å². The Balaban J connectivity index is 1.21. The summed E-state index contributed by atoms with van der Waals surface area (Å²) in [7, 11) is 0. The van der Waals surface area contributed by atoms with Gasteiger partial charge in [0, 0.05) is 48.6 Å². The lowest BCUT2D eigenvalue weighted by molar-refractivity contribution is -0.153. The molecule has 0 aliphatic carbocycles. The molecule has 0 spiro atoms. The number of rotatable bonds is 17. The Morgan fingerprint density at radius 2 is 1.43 bits per heavy atom. The summed E-state index contributed by atoms with van der Waals surface area (Å²) in [5.41, 5.74) is 5.19. The average molecular weight is 663 g/mol. The van der Waals surface area contributed by atoms with Crippen molar-refractivity contribution in [3.63, 3.8) is 0 Å². The fourth-order valence-corrected chi connectivity index (χ4v) is 5.88. The molecule has 1 atom stereocenters. The molecule has 0 saturated carbocycles. The molecular formula is C40H46N4O5. The van der Waals surface area contributed by atoms with Gasteiger partial charge in [0.2, 0.25) is 5.91 Å². The summed E-state index contributed by atoms with van der Waals surface area (Å²) in [5.74, 6) is -0.712. The highest BCUT2D eigenvalue weighted by atomic mass is 16.5. The SMILES string of the molecule is CCCCCCCOc1ccc(-c2cnc(-c3ccc(C[C@H](NC(=O)c4ccc(CCC)cc4)C(=O)N4CC(C(=O)O)C4)cc3)nc2)cc1. The molecule has 1 saturated heterocycles. The van der Waals surface area contributed by atoms with Gasteiger partial charge in [-0.2, -0.15) is 0 Å². The summed E-state index contributed by atoms with van der Waals surface area (Å²) in [6.07, 6.45) is 11.8. The predicted octanol–water partition coefficient (Wildman–Crippen LogP) is 7.00. The Morgan fingerprint density at radius 3 is 2.06 bits per heavy atom. The zero-order valence-electron chi connectivity index (χ0n) is 28.4. The first-order valence-electron chi connectivity index (χ1n) is 17.4. The molecule has 256 valence electrons. The molecule has 1 aliphatic rings. The van der Waals surface area contributed by atoms with Crippen molar-refractivity contribution in [3.05, 3.63) is 102 Å². The van der Waals surface area contributed by atoms with Crippen LogP contribution >= 0.6 is 0 Å². The molecule has 2 amide bonds. The molecule has 3 aromatic carbocycles. The minimum absolute atomic E-state index is 0.135. The number of carboxylic acid groups (broad SMARTS) is 1. The van der Waals surface area contributed by atoms with E-state index in [1.54, 1.807) is 24.5 Å². The van der Waals surface area contributed by atoms with Gasteiger partial charge in [0.1, 0.15) is 11.8 Å². The van der Waals surface area contributed by atoms with Gasteiger partial charge in [0.05, 0.1) is 12.5 Å². The van der Waals surface area contributed by atoms with Crippen molar-refractivity contribution in [1.29, 1.82) is 0 Å². The highest BCUT2D eigenvalue weighted by Crippen LogP contribution is 2.24. The largest absolute Gasteiger partial charge is 0.494 e. The second kappa shape index (κ2) is 17.4. The second-order valence-corrected chi connectivity index (χ2v) is 12.7. The van der Waals surface area contributed by atoms with Crippen LogP contribution in [0, 0.1) is 5.92 Å². The maximum Gasteiger partial charge on any atom is 0.310 e. The lowest BCUT2D eigenvalue weighted by atomic mass is 9.96. The zero-order chi connectivity index (χ0) is 34.6. The van der Waals surface area contributed by atoms with Crippen LogP contribution < -0.4 is 10.1 Å². The Hall–Kier alpha value is -5.05. The molecule has 2 heterocycles. The van der Waals surface area contributed by atoms with E-state index in [2.05, 4.69) is 29.1 Å². The third-order valence-corrected chi connectivity index (χ3v) is 8.91. The quantitative estimate of drug-likeness (QED) is 0.117. The van der Waals surface area contributed by atoms with Crippen molar-refractivity contribution in [2.75, 3.05) is 19.7 Å². The number of carbonyl (C=O) groups is 3. The molecule has 1 aliphatic heterocycles. The monoisotopic (exact) mass is 662 g/mol. The van der Waals surface area contributed by atoms with Gasteiger partial charge in [-0.15, -0.1) is 0 Å². The van der Waals surface area contributed by atoms with E-state index in [9.17, 15) is 19.5 Å². The number of unbranched alkanes of at least 4 members (excludes halogenated alkanes) is 4. The van der Waals surface area contributed by atoms with Crippen LogP contribution in [-0.4, -0.2) is 63.5 Å². The van der Waals surface area contributed by atoms with E-state index in [-0.39, 0.29) is 31.3 Å². The molecule has 1 fully saturated rings. The standard InChI is InChI=1S/C40H46N4O5/c1-3-5-6-7-8-22-49-35-20-18-30(19-21-35)33-24-41-37(42-25-33)31-14-12-29(13-15-31)23-36(39(46)44-26-34(27-44)40(47)48)43-38(45)32-16-10-28(9-4-2)11-17-32/h10-21,24-25,34,36H,3-9,22-23,26-27H2,1-2H3,(H,43,45)(H,47,48)/t36-/m0/s1. The minimum Gasteiger partial charge on any atom is -0.494 e. The number of aliphatic carboxylic acids is 1. The molecule has 4 aromatic rings. The summed E-state index contributed by atoms with van der Waals surface area (Å²) in [6.45, 7) is 5.31. The lowest BCUT2D eigenvalue weighted by Crippen LogP contribution is -2.59. The van der Waals surface area contributed by atoms with Gasteiger partial charge < -0.3 is 20.1 Å². The number of hydrogen-bond donors (Lipinski definition) is 2. The third-order valence-electron chi connectivity index (χ3n) is 8.91. The highest BCUT2D eigenvalue weighted by molar-refractivity contribution is 5.98. The van der Waals surface area contributed by atoms with E-state index in [0.717, 1.165) is 59.4 Å². The second-order valence-electron chi connectivity index (χ2n) is 12.7. The van der Waals surface area contributed by atoms with Crippen molar-refractivity contribution < 1.29 is 24.2 Å². The van der Waals surface area contributed by atoms with E-state index < -0.39 is 17.9 Å². The number of amides is 2. The van der Waals surface area contributed by atoms with Crippen LogP contribution in [0.25, 0.3) is 22.5 Å². The van der Waals surface area contributed by atoms with E-state index in [0.29, 0.717) is 11.4 Å². The maximum absolute atomic E-state index is 13.4. The third kappa shape index (κ3) is 9.75. The molecule has 5 rings (SSSR count). The number of ether oxygens (including phenoxy) is 1. The molecule has 0 radical (unpaired) electrons. The lowest BCUT2D eigenvalue weighted by Gasteiger charge is -2.39. The fourth-order valence-electron chi connectivity index (χ4n) is 5.88. The highest BCUT2D eigenvalue weighted by Gasteiger charge is 2.38. The van der Waals surface area contributed by atoms with Gasteiger partial charge in [-0.05, 0) is 53.8 Å². The first kappa shape index (κ1) is 35.3. The van der Waals surface area contributed by atoms with E-state index in [4.69, 9.17) is 4.74 Å². The molecule has 1 aromatic heterocycles. The first-order valence-corrected chi connectivity index (χ1v) is 17.4. The summed E-state index contributed by atoms with van der Waals surface area (Å²) in [5, 5.41) is 12.2. The summed E-state index contributed by atoms with van der Waals surface area (Å²) < 4.78 is 5.89. The van der Waals surface area contributed by atoms with Gasteiger partial charge in [0.25, 0.3) is 5.91 Å². The van der Waals surface area contributed by atoms with Gasteiger partial charge in [-0.1, -0.05) is 94.5 Å². The van der Waals surface area contributed by atoms with Gasteiger partial charge >= 0.3 is 5.97 Å². The fraction of sp³-hybridized carbons (Fsp3) is 0.375. The molecular weight excluding hydrogens is 616 g/mol. The van der Waals surface area contributed by atoms with Crippen molar-refractivity contribution in [2.24, 2.45) is 5.92 Å². The number of nitrogens with one attached hydrogen (secondary N) is 1. The van der Waals surface area contributed by atoms with Crippen LogP contribution in [0.5, 0.6) is 5.75 Å². The topological polar surface area (TPSA) is 122 Å². The Labute approximate surface area is 288 Å². The van der Waals surface area contributed by atoms with Crippen molar-refractivity contribution in [2.45, 2.75) is 71.3 Å². The number of benzene rings is 3. The van der Waals surface area contributed by atoms with Crippen molar-refractivity contribution >= 4 is 17.8 Å². The first-order chi connectivity index (χ1) is 23.8. The van der Waals surface area contributed by atoms with Crippen LogP contribution in [0.3, 0.4) is 0 Å². The van der Waals surface area contributed by atoms with Crippen LogP contribution in [0.4, 0.5) is 0 Å². The van der Waals surface area contributed by atoms with E-state index >= 15 is 0 Å².